The Morgan fingerprint density at radius 1 is 1.55 bits per heavy atom. The highest BCUT2D eigenvalue weighted by Crippen LogP contribution is 2.19. The second-order valence-corrected chi connectivity index (χ2v) is 3.79. The highest BCUT2D eigenvalue weighted by Gasteiger charge is 2.13. The van der Waals surface area contributed by atoms with Gasteiger partial charge >= 0.3 is 0 Å². The van der Waals surface area contributed by atoms with Gasteiger partial charge in [-0.1, -0.05) is 11.8 Å². The number of nitrogens with one attached hydrogen (secondary N) is 1. The molecule has 0 amide bonds. The van der Waals surface area contributed by atoms with Gasteiger partial charge in [0.25, 0.3) is 0 Å². The van der Waals surface area contributed by atoms with Crippen molar-refractivity contribution in [2.75, 3.05) is 19.0 Å². The Morgan fingerprint density at radius 2 is 2.18 bits per heavy atom. The molecular weight excluding hydrogens is 160 g/mol. The number of nitrogens with two attached hydrogens (primary N) is 1. The molecule has 4 heteroatoms. The molecule has 0 saturated carbocycles. The molecule has 0 spiro atoms. The van der Waals surface area contributed by atoms with Crippen LogP contribution in [0.25, 0.3) is 0 Å². The van der Waals surface area contributed by atoms with Crippen molar-refractivity contribution in [3.05, 3.63) is 0 Å². The molecule has 1 fully saturated rings. The Kier molecular flexibility index (Phi) is 3.72. The van der Waals surface area contributed by atoms with E-state index in [1.165, 1.54) is 11.8 Å². The van der Waals surface area contributed by atoms with Crippen LogP contribution in [0.4, 0.5) is 0 Å². The summed E-state index contributed by atoms with van der Waals surface area (Å²) in [6.07, 6.45) is 2.25. The van der Waals surface area contributed by atoms with E-state index >= 15 is 0 Å². The summed E-state index contributed by atoms with van der Waals surface area (Å²) in [7, 11) is 0. The minimum atomic E-state index is 0.233. The van der Waals surface area contributed by atoms with Gasteiger partial charge < -0.3 is 10.5 Å². The van der Waals surface area contributed by atoms with Crippen LogP contribution in [0, 0.1) is 11.3 Å². The molecule has 11 heavy (non-hydrogen) atoms. The first kappa shape index (κ1) is 8.87. The molecule has 0 bridgehead atoms. The largest absolute Gasteiger partial charge is 0.381 e. The molecule has 0 aromatic heterocycles. The highest BCUT2D eigenvalue weighted by atomic mass is 32.2. The first-order chi connectivity index (χ1) is 5.29. The second kappa shape index (κ2) is 4.62. The third kappa shape index (κ3) is 3.62. The zero-order valence-electron chi connectivity index (χ0n) is 6.51. The van der Waals surface area contributed by atoms with Crippen LogP contribution in [-0.2, 0) is 4.74 Å². The van der Waals surface area contributed by atoms with Gasteiger partial charge in [-0.2, -0.15) is 0 Å². The third-order valence-electron chi connectivity index (χ3n) is 1.82. The maximum atomic E-state index is 7.02. The number of thioether (sulfide) groups is 1. The summed E-state index contributed by atoms with van der Waals surface area (Å²) in [6.45, 7) is 1.76. The van der Waals surface area contributed by atoms with Crippen molar-refractivity contribution < 1.29 is 4.74 Å². The van der Waals surface area contributed by atoms with Crippen molar-refractivity contribution >= 4 is 16.9 Å². The van der Waals surface area contributed by atoms with E-state index in [1.54, 1.807) is 0 Å². The molecule has 3 nitrogen and oxygen atoms in total. The summed E-state index contributed by atoms with van der Waals surface area (Å²) in [4.78, 5) is 0. The summed E-state index contributed by atoms with van der Waals surface area (Å²) in [6, 6.07) is 0. The van der Waals surface area contributed by atoms with Gasteiger partial charge in [0.05, 0.1) is 0 Å². The lowest BCUT2D eigenvalue weighted by atomic mass is 10.0. The summed E-state index contributed by atoms with van der Waals surface area (Å²) < 4.78 is 5.21. The van der Waals surface area contributed by atoms with E-state index in [9.17, 15) is 0 Å². The van der Waals surface area contributed by atoms with Gasteiger partial charge in [0.1, 0.15) is 0 Å². The SMILES string of the molecule is N=C(N)SCC1CCOCC1. The molecule has 1 heterocycles. The summed E-state index contributed by atoms with van der Waals surface area (Å²) in [5, 5.41) is 7.26. The predicted molar refractivity (Wildman–Crippen MR) is 47.9 cm³/mol. The quantitative estimate of drug-likeness (QED) is 0.486. The molecular formula is C7H14N2OS. The lowest BCUT2D eigenvalue weighted by Gasteiger charge is -2.20. The molecule has 1 rings (SSSR count). The van der Waals surface area contributed by atoms with Crippen molar-refractivity contribution in [1.82, 2.24) is 0 Å². The Hall–Kier alpha value is -0.220. The minimum absolute atomic E-state index is 0.233. The molecule has 64 valence electrons. The third-order valence-corrected chi connectivity index (χ3v) is 2.76. The molecule has 1 aliphatic rings. The molecule has 0 radical (unpaired) electrons. The van der Waals surface area contributed by atoms with Gasteiger partial charge in [-0.15, -0.1) is 0 Å². The van der Waals surface area contributed by atoms with Crippen molar-refractivity contribution in [3.63, 3.8) is 0 Å². The molecule has 0 atom stereocenters. The Balaban J connectivity index is 2.09. The zero-order chi connectivity index (χ0) is 8.10. The summed E-state index contributed by atoms with van der Waals surface area (Å²) >= 11 is 1.44. The number of rotatable bonds is 2. The molecule has 0 aromatic rings. The molecule has 0 aliphatic carbocycles. The van der Waals surface area contributed by atoms with Gasteiger partial charge in [-0.05, 0) is 18.8 Å². The topological polar surface area (TPSA) is 59.1 Å². The second-order valence-electron chi connectivity index (χ2n) is 2.73. The molecule has 0 aromatic carbocycles. The fourth-order valence-corrected chi connectivity index (χ4v) is 1.87. The molecule has 1 aliphatic heterocycles. The minimum Gasteiger partial charge on any atom is -0.381 e. The van der Waals surface area contributed by atoms with E-state index in [4.69, 9.17) is 15.9 Å². The Bertz CT molecular complexity index is 134. The monoisotopic (exact) mass is 174 g/mol. The van der Waals surface area contributed by atoms with Gasteiger partial charge in [-0.25, -0.2) is 0 Å². The van der Waals surface area contributed by atoms with Gasteiger partial charge in [-0.3, -0.25) is 5.41 Å². The zero-order valence-corrected chi connectivity index (χ0v) is 7.32. The van der Waals surface area contributed by atoms with Crippen molar-refractivity contribution in [2.45, 2.75) is 12.8 Å². The number of hydrogen-bond donors (Lipinski definition) is 2. The Morgan fingerprint density at radius 3 is 2.73 bits per heavy atom. The van der Waals surface area contributed by atoms with E-state index < -0.39 is 0 Å². The first-order valence-corrected chi connectivity index (χ1v) is 4.82. The number of amidine groups is 1. The smallest absolute Gasteiger partial charge is 0.151 e. The van der Waals surface area contributed by atoms with Crippen LogP contribution in [0.2, 0.25) is 0 Å². The van der Waals surface area contributed by atoms with Gasteiger partial charge in [0.2, 0.25) is 0 Å². The van der Waals surface area contributed by atoms with Crippen LogP contribution in [0.5, 0.6) is 0 Å². The van der Waals surface area contributed by atoms with Crippen molar-refractivity contribution in [1.29, 1.82) is 5.41 Å². The van der Waals surface area contributed by atoms with Crippen molar-refractivity contribution in [2.24, 2.45) is 11.7 Å². The normalized spacial score (nSPS) is 20.0. The van der Waals surface area contributed by atoms with Gasteiger partial charge in [0.15, 0.2) is 5.17 Å². The predicted octanol–water partition coefficient (Wildman–Crippen LogP) is 1.04. The number of ether oxygens (including phenoxy) is 1. The van der Waals surface area contributed by atoms with Crippen LogP contribution in [0.15, 0.2) is 0 Å². The van der Waals surface area contributed by atoms with Gasteiger partial charge in [0, 0.05) is 19.0 Å². The van der Waals surface area contributed by atoms with E-state index in [1.807, 2.05) is 0 Å². The van der Waals surface area contributed by atoms with E-state index in [0.717, 1.165) is 31.8 Å². The van der Waals surface area contributed by atoms with Crippen LogP contribution in [-0.4, -0.2) is 24.1 Å². The standard InChI is InChI=1S/C7H14N2OS/c8-7(9)11-5-6-1-3-10-4-2-6/h6H,1-5H2,(H3,8,9). The van der Waals surface area contributed by atoms with Crippen molar-refractivity contribution in [3.8, 4) is 0 Å². The van der Waals surface area contributed by atoms with Crippen LogP contribution in [0.1, 0.15) is 12.8 Å². The fraction of sp³-hybridized carbons (Fsp3) is 0.857. The first-order valence-electron chi connectivity index (χ1n) is 3.83. The molecule has 0 unspecified atom stereocenters. The van der Waals surface area contributed by atoms with E-state index in [0.29, 0.717) is 5.92 Å². The molecule has 1 saturated heterocycles. The molecule has 3 N–H and O–H groups in total. The maximum absolute atomic E-state index is 7.02. The Labute approximate surface area is 71.2 Å². The maximum Gasteiger partial charge on any atom is 0.151 e. The van der Waals surface area contributed by atoms with Crippen LogP contribution in [0.3, 0.4) is 0 Å². The average molecular weight is 174 g/mol. The number of hydrogen-bond acceptors (Lipinski definition) is 3. The van der Waals surface area contributed by atoms with Crippen LogP contribution < -0.4 is 5.73 Å². The lowest BCUT2D eigenvalue weighted by molar-refractivity contribution is 0.0728. The van der Waals surface area contributed by atoms with E-state index in [-0.39, 0.29) is 5.17 Å². The lowest BCUT2D eigenvalue weighted by Crippen LogP contribution is -2.19. The summed E-state index contributed by atoms with van der Waals surface area (Å²) in [5.41, 5.74) is 5.22. The summed E-state index contributed by atoms with van der Waals surface area (Å²) in [5.74, 6) is 1.69. The fourth-order valence-electron chi connectivity index (χ4n) is 1.12. The highest BCUT2D eigenvalue weighted by molar-refractivity contribution is 8.13. The average Bonchev–Trinajstić information content (AvgIpc) is 2.03. The van der Waals surface area contributed by atoms with E-state index in [2.05, 4.69) is 0 Å². The van der Waals surface area contributed by atoms with Crippen LogP contribution >= 0.6 is 11.8 Å².